The molecule has 1 fully saturated rings. The molecule has 0 radical (unpaired) electrons. The summed E-state index contributed by atoms with van der Waals surface area (Å²) in [4.78, 5) is 23.7. The Morgan fingerprint density at radius 3 is 3.00 bits per heavy atom. The first-order valence-corrected chi connectivity index (χ1v) is 13.5. The van der Waals surface area contributed by atoms with E-state index >= 15 is 0 Å². The van der Waals surface area contributed by atoms with Crippen LogP contribution in [0.3, 0.4) is 0 Å². The predicted molar refractivity (Wildman–Crippen MR) is 158 cm³/mol. The van der Waals surface area contributed by atoms with E-state index in [0.717, 1.165) is 54.0 Å². The van der Waals surface area contributed by atoms with Gasteiger partial charge in [-0.25, -0.2) is 9.97 Å². The molecule has 0 spiro atoms. The number of hydrogen-bond donors (Lipinski definition) is 3. The minimum Gasteiger partial charge on any atom is -0.494 e. The lowest BCUT2D eigenvalue weighted by molar-refractivity contribution is -0.111. The van der Waals surface area contributed by atoms with Crippen molar-refractivity contribution in [2.24, 2.45) is 0 Å². The Labute approximate surface area is 237 Å². The fourth-order valence-electron chi connectivity index (χ4n) is 5.38. The average Bonchev–Trinajstić information content (AvgIpc) is 3.64. The molecule has 10 nitrogen and oxygen atoms in total. The zero-order chi connectivity index (χ0) is 27.8. The Bertz CT molecular complexity index is 1610. The first-order chi connectivity index (χ1) is 19.5. The second-order valence-corrected chi connectivity index (χ2v) is 10.2. The summed E-state index contributed by atoms with van der Waals surface area (Å²) in [6, 6.07) is 9.99. The standard InChI is InChI=1S/C29H30ClN7O3/c1-4-26(38)33-21-12-22(25(39-3)13-23(21)36(2)17-8-9-31-14-17)34-29-32-15-20(30)27(35-29)19-16-37-10-11-40-24-7-5-6-18(19)28(24)37/h4-7,12-13,15-17,31H,1,8-11,14H2,2-3H3,(H,33,38)(H,32,34,35). The van der Waals surface area contributed by atoms with E-state index in [9.17, 15) is 4.79 Å². The van der Waals surface area contributed by atoms with Crippen LogP contribution in [0.4, 0.5) is 23.0 Å². The molecule has 3 N–H and O–H groups in total. The van der Waals surface area contributed by atoms with E-state index in [1.165, 1.54) is 6.08 Å². The summed E-state index contributed by atoms with van der Waals surface area (Å²) < 4.78 is 13.8. The van der Waals surface area contributed by atoms with Crippen molar-refractivity contribution in [3.05, 3.63) is 60.4 Å². The maximum absolute atomic E-state index is 12.3. The molecular weight excluding hydrogens is 530 g/mol. The van der Waals surface area contributed by atoms with Gasteiger partial charge in [-0.05, 0) is 31.2 Å². The van der Waals surface area contributed by atoms with E-state index in [4.69, 9.17) is 26.1 Å². The second-order valence-electron chi connectivity index (χ2n) is 9.77. The molecule has 4 aromatic rings. The highest BCUT2D eigenvalue weighted by Crippen LogP contribution is 2.41. The fraction of sp³-hybridized carbons (Fsp3) is 0.276. The number of nitrogens with one attached hydrogen (secondary N) is 3. The number of rotatable bonds is 8. The lowest BCUT2D eigenvalue weighted by atomic mass is 10.1. The normalized spacial score (nSPS) is 15.9. The molecule has 0 bridgehead atoms. The Kier molecular flexibility index (Phi) is 6.95. The van der Waals surface area contributed by atoms with E-state index in [1.807, 2.05) is 37.4 Å². The van der Waals surface area contributed by atoms with Gasteiger partial charge in [0.05, 0.1) is 53.1 Å². The van der Waals surface area contributed by atoms with E-state index in [2.05, 4.69) is 43.2 Å². The number of carbonyl (C=O) groups excluding carboxylic acids is 1. The number of para-hydroxylation sites is 1. The maximum Gasteiger partial charge on any atom is 0.247 e. The first kappa shape index (κ1) is 26.0. The Morgan fingerprint density at radius 2 is 2.23 bits per heavy atom. The summed E-state index contributed by atoms with van der Waals surface area (Å²) in [5.41, 5.74) is 4.56. The SMILES string of the molecule is C=CC(=O)Nc1cc(Nc2ncc(Cl)c(-c3cn4c5c(cccc35)OCC4)n2)c(OC)cc1N(C)C1CCNC1. The smallest absolute Gasteiger partial charge is 0.247 e. The number of anilines is 4. The molecule has 6 rings (SSSR count). The third-order valence-electron chi connectivity index (χ3n) is 7.42. The minimum atomic E-state index is -0.308. The summed E-state index contributed by atoms with van der Waals surface area (Å²) >= 11 is 6.63. The van der Waals surface area contributed by atoms with Gasteiger partial charge in [0.1, 0.15) is 18.1 Å². The molecule has 40 heavy (non-hydrogen) atoms. The molecule has 1 amide bonds. The van der Waals surface area contributed by atoms with Crippen molar-refractivity contribution in [2.75, 3.05) is 49.4 Å². The quantitative estimate of drug-likeness (QED) is 0.264. The van der Waals surface area contributed by atoms with Crippen LogP contribution in [0.15, 0.2) is 55.4 Å². The van der Waals surface area contributed by atoms with Crippen LogP contribution in [-0.2, 0) is 11.3 Å². The molecule has 206 valence electrons. The van der Waals surface area contributed by atoms with Crippen molar-refractivity contribution in [1.29, 1.82) is 0 Å². The number of ether oxygens (including phenoxy) is 2. The number of hydrogen-bond acceptors (Lipinski definition) is 8. The summed E-state index contributed by atoms with van der Waals surface area (Å²) in [7, 11) is 3.62. The molecule has 0 aliphatic carbocycles. The van der Waals surface area contributed by atoms with Gasteiger partial charge in [0.2, 0.25) is 11.9 Å². The van der Waals surface area contributed by atoms with Crippen molar-refractivity contribution >= 4 is 51.4 Å². The highest BCUT2D eigenvalue weighted by molar-refractivity contribution is 6.33. The van der Waals surface area contributed by atoms with Crippen molar-refractivity contribution in [3.8, 4) is 22.8 Å². The molecule has 2 aliphatic heterocycles. The summed E-state index contributed by atoms with van der Waals surface area (Å²) in [6.07, 6.45) is 5.88. The van der Waals surface area contributed by atoms with Gasteiger partial charge in [0, 0.05) is 42.8 Å². The van der Waals surface area contributed by atoms with Gasteiger partial charge >= 0.3 is 0 Å². The Hall–Kier alpha value is -4.28. The van der Waals surface area contributed by atoms with Crippen LogP contribution in [-0.4, -0.2) is 60.3 Å². The first-order valence-electron chi connectivity index (χ1n) is 13.1. The summed E-state index contributed by atoms with van der Waals surface area (Å²) in [5.74, 6) is 1.45. The van der Waals surface area contributed by atoms with Gasteiger partial charge in [-0.3, -0.25) is 4.79 Å². The monoisotopic (exact) mass is 559 g/mol. The van der Waals surface area contributed by atoms with Crippen molar-refractivity contribution in [2.45, 2.75) is 19.0 Å². The molecule has 1 atom stereocenters. The van der Waals surface area contributed by atoms with E-state index in [0.29, 0.717) is 40.4 Å². The molecule has 2 aliphatic rings. The number of amides is 1. The Balaban J connectivity index is 1.39. The van der Waals surface area contributed by atoms with Crippen LogP contribution in [0.25, 0.3) is 22.2 Å². The zero-order valence-corrected chi connectivity index (χ0v) is 23.1. The van der Waals surface area contributed by atoms with Crippen LogP contribution >= 0.6 is 11.6 Å². The van der Waals surface area contributed by atoms with Crippen molar-refractivity contribution in [1.82, 2.24) is 19.9 Å². The topological polar surface area (TPSA) is 106 Å². The lowest BCUT2D eigenvalue weighted by Gasteiger charge is -2.29. The number of likely N-dealkylation sites (N-methyl/N-ethyl adjacent to an activating group) is 1. The molecule has 4 heterocycles. The van der Waals surface area contributed by atoms with Crippen molar-refractivity contribution in [3.63, 3.8) is 0 Å². The van der Waals surface area contributed by atoms with Gasteiger partial charge in [0.25, 0.3) is 0 Å². The third kappa shape index (κ3) is 4.69. The van der Waals surface area contributed by atoms with Crippen LogP contribution in [0, 0.1) is 0 Å². The number of benzene rings is 2. The molecule has 0 saturated carbocycles. The number of methoxy groups -OCH3 is 1. The second kappa shape index (κ2) is 10.7. The Morgan fingerprint density at radius 1 is 1.35 bits per heavy atom. The van der Waals surface area contributed by atoms with Crippen LogP contribution in [0.1, 0.15) is 6.42 Å². The maximum atomic E-state index is 12.3. The number of nitrogens with zero attached hydrogens (tertiary/aromatic N) is 4. The lowest BCUT2D eigenvalue weighted by Crippen LogP contribution is -2.34. The molecule has 1 saturated heterocycles. The third-order valence-corrected chi connectivity index (χ3v) is 7.70. The largest absolute Gasteiger partial charge is 0.494 e. The van der Waals surface area contributed by atoms with Gasteiger partial charge < -0.3 is 34.9 Å². The van der Waals surface area contributed by atoms with Gasteiger partial charge in [-0.2, -0.15) is 0 Å². The predicted octanol–water partition coefficient (Wildman–Crippen LogP) is 4.82. The molecule has 11 heteroatoms. The van der Waals surface area contributed by atoms with Crippen LogP contribution < -0.4 is 30.3 Å². The highest BCUT2D eigenvalue weighted by atomic mass is 35.5. The van der Waals surface area contributed by atoms with Gasteiger partial charge in [-0.15, -0.1) is 0 Å². The molecule has 2 aromatic heterocycles. The van der Waals surface area contributed by atoms with Crippen LogP contribution in [0.5, 0.6) is 11.5 Å². The van der Waals surface area contributed by atoms with Gasteiger partial charge in [0.15, 0.2) is 0 Å². The van der Waals surface area contributed by atoms with E-state index in [1.54, 1.807) is 13.3 Å². The summed E-state index contributed by atoms with van der Waals surface area (Å²) in [5, 5.41) is 11.0. The average molecular weight is 560 g/mol. The number of halogens is 1. The molecule has 2 aromatic carbocycles. The highest BCUT2D eigenvalue weighted by Gasteiger charge is 2.25. The van der Waals surface area contributed by atoms with E-state index in [-0.39, 0.29) is 11.9 Å². The zero-order valence-electron chi connectivity index (χ0n) is 22.3. The van der Waals surface area contributed by atoms with E-state index < -0.39 is 0 Å². The molecular formula is C29H30ClN7O3. The minimum absolute atomic E-state index is 0.286. The fourth-order valence-corrected chi connectivity index (χ4v) is 5.57. The molecule has 1 unspecified atom stereocenters. The summed E-state index contributed by atoms with van der Waals surface area (Å²) in [6.45, 7) is 6.76. The van der Waals surface area contributed by atoms with Gasteiger partial charge in [-0.1, -0.05) is 30.3 Å². The number of carbonyl (C=O) groups is 1. The van der Waals surface area contributed by atoms with Crippen molar-refractivity contribution < 1.29 is 14.3 Å². The number of aromatic nitrogens is 3. The van der Waals surface area contributed by atoms with Crippen LogP contribution in [0.2, 0.25) is 5.02 Å².